The second kappa shape index (κ2) is 7.75. The van der Waals surface area contributed by atoms with E-state index in [0.717, 1.165) is 31.4 Å². The van der Waals surface area contributed by atoms with Crippen molar-refractivity contribution >= 4 is 0 Å². The van der Waals surface area contributed by atoms with E-state index in [-0.39, 0.29) is 17.4 Å². The average Bonchev–Trinajstić information content (AvgIpc) is 2.44. The van der Waals surface area contributed by atoms with Gasteiger partial charge >= 0.3 is 0 Å². The van der Waals surface area contributed by atoms with E-state index in [4.69, 9.17) is 0 Å². The number of hydrogen-bond acceptors (Lipinski definition) is 2. The number of nitrogens with one attached hydrogen (secondary N) is 1. The minimum Gasteiger partial charge on any atom is -0.308 e. The van der Waals surface area contributed by atoms with Crippen LogP contribution in [0.3, 0.4) is 0 Å². The summed E-state index contributed by atoms with van der Waals surface area (Å²) in [5, 5.41) is 3.57. The summed E-state index contributed by atoms with van der Waals surface area (Å²) >= 11 is 0. The van der Waals surface area contributed by atoms with Crippen LogP contribution in [0, 0.1) is 5.82 Å². The molecule has 0 saturated heterocycles. The third kappa shape index (κ3) is 3.39. The quantitative estimate of drug-likeness (QED) is 0.774. The molecule has 20 heavy (non-hydrogen) atoms. The van der Waals surface area contributed by atoms with Crippen molar-refractivity contribution in [3.63, 3.8) is 0 Å². The maximum absolute atomic E-state index is 14.3. The Labute approximate surface area is 123 Å². The van der Waals surface area contributed by atoms with Crippen LogP contribution < -0.4 is 5.32 Å². The van der Waals surface area contributed by atoms with Crippen LogP contribution in [0.2, 0.25) is 0 Å². The van der Waals surface area contributed by atoms with Crippen LogP contribution in [0.5, 0.6) is 0 Å². The van der Waals surface area contributed by atoms with E-state index in [1.54, 1.807) is 12.1 Å². The standard InChI is InChI=1S/C17H29FN2/c1-6-13-19-16(14-11-9-10-12-15(14)18)17(7-2,8-3)20(4)5/h9-12,16,19H,6-8,13H2,1-5H3. The van der Waals surface area contributed by atoms with E-state index in [2.05, 4.69) is 45.1 Å². The normalized spacial score (nSPS) is 13.8. The van der Waals surface area contributed by atoms with Crippen LogP contribution in [-0.4, -0.2) is 31.1 Å². The highest BCUT2D eigenvalue weighted by atomic mass is 19.1. The smallest absolute Gasteiger partial charge is 0.128 e. The Kier molecular flexibility index (Phi) is 6.63. The summed E-state index contributed by atoms with van der Waals surface area (Å²) in [6, 6.07) is 7.15. The number of likely N-dealkylation sites (N-methyl/N-ethyl adjacent to an activating group) is 1. The SMILES string of the molecule is CCCNC(c1ccccc1F)C(CC)(CC)N(C)C. The van der Waals surface area contributed by atoms with Crippen LogP contribution in [0.1, 0.15) is 51.6 Å². The maximum atomic E-state index is 14.3. The van der Waals surface area contributed by atoms with Gasteiger partial charge in [-0.2, -0.15) is 0 Å². The first-order valence-corrected chi connectivity index (χ1v) is 7.68. The highest BCUT2D eigenvalue weighted by Gasteiger charge is 2.39. The van der Waals surface area contributed by atoms with Gasteiger partial charge in [-0.3, -0.25) is 0 Å². The summed E-state index contributed by atoms with van der Waals surface area (Å²) < 4.78 is 14.3. The van der Waals surface area contributed by atoms with Crippen molar-refractivity contribution in [2.24, 2.45) is 0 Å². The molecule has 0 saturated carbocycles. The van der Waals surface area contributed by atoms with Crippen LogP contribution >= 0.6 is 0 Å². The first-order chi connectivity index (χ1) is 9.53. The average molecular weight is 280 g/mol. The summed E-state index contributed by atoms with van der Waals surface area (Å²) in [4.78, 5) is 2.24. The molecule has 0 aliphatic rings. The number of rotatable bonds is 8. The van der Waals surface area contributed by atoms with Crippen molar-refractivity contribution in [1.29, 1.82) is 0 Å². The topological polar surface area (TPSA) is 15.3 Å². The lowest BCUT2D eigenvalue weighted by Gasteiger charge is -2.46. The fraction of sp³-hybridized carbons (Fsp3) is 0.647. The Hall–Kier alpha value is -0.930. The molecular weight excluding hydrogens is 251 g/mol. The second-order valence-electron chi connectivity index (χ2n) is 5.61. The molecule has 0 fully saturated rings. The van der Waals surface area contributed by atoms with Gasteiger partial charge in [0, 0.05) is 11.1 Å². The molecular formula is C17H29FN2. The zero-order valence-electron chi connectivity index (χ0n) is 13.5. The van der Waals surface area contributed by atoms with E-state index in [9.17, 15) is 4.39 Å². The number of benzene rings is 1. The highest BCUT2D eigenvalue weighted by molar-refractivity contribution is 5.25. The number of halogens is 1. The monoisotopic (exact) mass is 280 g/mol. The van der Waals surface area contributed by atoms with E-state index < -0.39 is 0 Å². The maximum Gasteiger partial charge on any atom is 0.128 e. The molecule has 0 radical (unpaired) electrons. The minimum atomic E-state index is -0.116. The van der Waals surface area contributed by atoms with Crippen LogP contribution in [-0.2, 0) is 0 Å². The van der Waals surface area contributed by atoms with Crippen LogP contribution in [0.15, 0.2) is 24.3 Å². The van der Waals surface area contributed by atoms with E-state index in [1.807, 2.05) is 12.1 Å². The molecule has 0 aliphatic carbocycles. The third-order valence-corrected chi connectivity index (χ3v) is 4.47. The van der Waals surface area contributed by atoms with Crippen molar-refractivity contribution in [1.82, 2.24) is 10.2 Å². The van der Waals surface area contributed by atoms with Crippen LogP contribution in [0.25, 0.3) is 0 Å². The summed E-state index contributed by atoms with van der Waals surface area (Å²) in [7, 11) is 4.18. The van der Waals surface area contributed by atoms with Crippen molar-refractivity contribution in [3.05, 3.63) is 35.6 Å². The predicted molar refractivity (Wildman–Crippen MR) is 84.4 cm³/mol. The van der Waals surface area contributed by atoms with E-state index >= 15 is 0 Å². The van der Waals surface area contributed by atoms with Crippen molar-refractivity contribution < 1.29 is 4.39 Å². The molecule has 0 heterocycles. The van der Waals surface area contributed by atoms with E-state index in [1.165, 1.54) is 0 Å². The molecule has 1 aromatic rings. The molecule has 1 rings (SSSR count). The molecule has 0 amide bonds. The third-order valence-electron chi connectivity index (χ3n) is 4.47. The van der Waals surface area contributed by atoms with Crippen molar-refractivity contribution in [2.75, 3.05) is 20.6 Å². The summed E-state index contributed by atoms with van der Waals surface area (Å²) in [5.74, 6) is -0.116. The largest absolute Gasteiger partial charge is 0.308 e. The molecule has 0 bridgehead atoms. The van der Waals surface area contributed by atoms with Gasteiger partial charge in [0.05, 0.1) is 6.04 Å². The number of hydrogen-bond donors (Lipinski definition) is 1. The van der Waals surface area contributed by atoms with Gasteiger partial charge in [0.15, 0.2) is 0 Å². The molecule has 0 aliphatic heterocycles. The Morgan fingerprint density at radius 1 is 1.15 bits per heavy atom. The summed E-state index contributed by atoms with van der Waals surface area (Å²) in [6.07, 6.45) is 3.00. The first kappa shape index (κ1) is 17.1. The predicted octanol–water partition coefficient (Wildman–Crippen LogP) is 3.99. The first-order valence-electron chi connectivity index (χ1n) is 7.68. The zero-order valence-corrected chi connectivity index (χ0v) is 13.5. The Bertz CT molecular complexity index is 400. The molecule has 1 aromatic carbocycles. The molecule has 1 unspecified atom stereocenters. The fourth-order valence-corrected chi connectivity index (χ4v) is 3.14. The molecule has 1 atom stereocenters. The Balaban J connectivity index is 3.26. The molecule has 0 aromatic heterocycles. The van der Waals surface area contributed by atoms with Gasteiger partial charge in [-0.25, -0.2) is 4.39 Å². The molecule has 0 spiro atoms. The van der Waals surface area contributed by atoms with Gasteiger partial charge in [-0.1, -0.05) is 39.0 Å². The molecule has 1 N–H and O–H groups in total. The van der Waals surface area contributed by atoms with Gasteiger partial charge in [-0.15, -0.1) is 0 Å². The minimum absolute atomic E-state index is 0.00801. The Morgan fingerprint density at radius 2 is 1.75 bits per heavy atom. The van der Waals surface area contributed by atoms with Crippen molar-refractivity contribution in [2.45, 2.75) is 51.6 Å². The molecule has 3 heteroatoms. The molecule has 2 nitrogen and oxygen atoms in total. The zero-order chi connectivity index (χ0) is 15.2. The van der Waals surface area contributed by atoms with Crippen LogP contribution in [0.4, 0.5) is 4.39 Å². The van der Waals surface area contributed by atoms with E-state index in [0.29, 0.717) is 0 Å². The lowest BCUT2D eigenvalue weighted by atomic mass is 9.79. The second-order valence-corrected chi connectivity index (χ2v) is 5.61. The lowest BCUT2D eigenvalue weighted by molar-refractivity contribution is 0.0864. The summed E-state index contributed by atoms with van der Waals surface area (Å²) in [5.41, 5.74) is 0.704. The lowest BCUT2D eigenvalue weighted by Crippen LogP contribution is -2.53. The fourth-order valence-electron chi connectivity index (χ4n) is 3.14. The highest BCUT2D eigenvalue weighted by Crippen LogP contribution is 2.36. The van der Waals surface area contributed by atoms with Crippen molar-refractivity contribution in [3.8, 4) is 0 Å². The van der Waals surface area contributed by atoms with Gasteiger partial charge in [0.2, 0.25) is 0 Å². The molecule has 114 valence electrons. The van der Waals surface area contributed by atoms with Gasteiger partial charge in [0.1, 0.15) is 5.82 Å². The number of nitrogens with zero attached hydrogens (tertiary/aromatic N) is 1. The van der Waals surface area contributed by atoms with Gasteiger partial charge in [-0.05, 0) is 46.0 Å². The van der Waals surface area contributed by atoms with Gasteiger partial charge in [0.25, 0.3) is 0 Å². The van der Waals surface area contributed by atoms with Gasteiger partial charge < -0.3 is 10.2 Å². The Morgan fingerprint density at radius 3 is 2.20 bits per heavy atom. The summed E-state index contributed by atoms with van der Waals surface area (Å²) in [6.45, 7) is 7.41.